The monoisotopic (exact) mass is 517 g/mol. The second-order valence-electron chi connectivity index (χ2n) is 8.66. The van der Waals surface area contributed by atoms with Gasteiger partial charge in [-0.1, -0.05) is 91.0 Å². The van der Waals surface area contributed by atoms with Crippen LogP contribution in [-0.4, -0.2) is 53.8 Å². The molecule has 7 heteroatoms. The normalized spacial score (nSPS) is 15.2. The lowest BCUT2D eigenvalue weighted by Crippen LogP contribution is -2.48. The summed E-state index contributed by atoms with van der Waals surface area (Å²) >= 11 is 0. The Kier molecular flexibility index (Phi) is 8.62. The number of ketones is 1. The molecule has 0 unspecified atom stereocenters. The molecule has 1 amide bonds. The van der Waals surface area contributed by atoms with Crippen LogP contribution in [0.25, 0.3) is 0 Å². The Labute approximate surface area is 218 Å². The molecule has 3 aromatic rings. The molecule has 0 radical (unpaired) electrons. The van der Waals surface area contributed by atoms with E-state index in [1.165, 1.54) is 4.90 Å². The number of ether oxygens (including phenoxy) is 2. The fraction of sp³-hybridized carbons (Fsp3) is 0.267. The summed E-state index contributed by atoms with van der Waals surface area (Å²) in [6, 6.07) is 28.3. The molecule has 1 fully saturated rings. The van der Waals surface area contributed by atoms with Crippen molar-refractivity contribution in [2.45, 2.75) is 32.7 Å². The van der Waals surface area contributed by atoms with Gasteiger partial charge in [0.1, 0.15) is 5.29 Å². The van der Waals surface area contributed by atoms with Crippen LogP contribution in [0.3, 0.4) is 0 Å². The van der Waals surface area contributed by atoms with Crippen molar-refractivity contribution in [3.8, 4) is 0 Å². The Morgan fingerprint density at radius 2 is 1.22 bits per heavy atom. The van der Waals surface area contributed by atoms with Gasteiger partial charge in [0, 0.05) is 6.54 Å². The number of amides is 1. The van der Waals surface area contributed by atoms with Gasteiger partial charge < -0.3 is 9.47 Å². The van der Waals surface area contributed by atoms with E-state index in [-0.39, 0.29) is 24.3 Å². The van der Waals surface area contributed by atoms with Crippen LogP contribution >= 0.6 is 6.89 Å². The Hall–Kier alpha value is -3.63. The van der Waals surface area contributed by atoms with Crippen molar-refractivity contribution in [2.24, 2.45) is 0 Å². The van der Waals surface area contributed by atoms with E-state index in [1.54, 1.807) is 13.8 Å². The standard InChI is InChI=1S/C30H32NO5P/c1-3-35-29(33)28(27(32)26-21-14-22-31(26)30(34)36-4-2)37(23-15-8-5-9-16-23,24-17-10-6-11-18-24)25-19-12-7-13-20-25/h5-13,15-20,26H,3-4,14,21-22H2,1-2H3/t26-/m0/s1. The molecule has 192 valence electrons. The first kappa shape index (κ1) is 26.4. The number of Topliss-reactive ketones (excluding diaryl/α,β-unsaturated/α-hetero) is 1. The highest BCUT2D eigenvalue weighted by Gasteiger charge is 2.44. The second-order valence-corrected chi connectivity index (χ2v) is 12.0. The summed E-state index contributed by atoms with van der Waals surface area (Å²) in [6.45, 7) is 1.18. The van der Waals surface area contributed by atoms with E-state index >= 15 is 0 Å². The number of carbonyl (C=O) groups is 3. The number of nitrogens with zero attached hydrogens (tertiary/aromatic N) is 1. The molecule has 4 rings (SSSR count). The van der Waals surface area contributed by atoms with E-state index in [4.69, 9.17) is 9.47 Å². The number of benzene rings is 3. The second kappa shape index (κ2) is 12.1. The van der Waals surface area contributed by atoms with Gasteiger partial charge in [0.2, 0.25) is 0 Å². The van der Waals surface area contributed by atoms with Gasteiger partial charge in [-0.25, -0.2) is 9.59 Å². The number of likely N-dealkylation sites (tertiary alicyclic amines) is 1. The predicted molar refractivity (Wildman–Crippen MR) is 149 cm³/mol. The maximum Gasteiger partial charge on any atom is 0.410 e. The summed E-state index contributed by atoms with van der Waals surface area (Å²) in [4.78, 5) is 42.7. The minimum atomic E-state index is -3.02. The van der Waals surface area contributed by atoms with Crippen LogP contribution in [0.2, 0.25) is 0 Å². The summed E-state index contributed by atoms with van der Waals surface area (Å²) in [7, 11) is 0. The van der Waals surface area contributed by atoms with Crippen molar-refractivity contribution < 1.29 is 23.9 Å². The molecular formula is C30H32NO5P. The van der Waals surface area contributed by atoms with Crippen LogP contribution < -0.4 is 15.9 Å². The minimum absolute atomic E-state index is 0.0964. The third-order valence-electron chi connectivity index (χ3n) is 6.53. The third kappa shape index (κ3) is 5.12. The molecule has 0 N–H and O–H groups in total. The van der Waals surface area contributed by atoms with Gasteiger partial charge in [-0.15, -0.1) is 0 Å². The van der Waals surface area contributed by atoms with E-state index in [0.29, 0.717) is 19.4 Å². The number of esters is 1. The highest BCUT2D eigenvalue weighted by molar-refractivity contribution is 7.97. The SMILES string of the molecule is CCOC(=O)C(C(=O)[C@@H]1CCCN1C(=O)OCC)=P(c1ccccc1)(c1ccccc1)c1ccccc1. The van der Waals surface area contributed by atoms with Gasteiger partial charge >= 0.3 is 12.1 Å². The summed E-state index contributed by atoms with van der Waals surface area (Å²) in [5.74, 6) is -1.03. The van der Waals surface area contributed by atoms with Gasteiger partial charge in [0.15, 0.2) is 5.78 Å². The summed E-state index contributed by atoms with van der Waals surface area (Å²) in [6.07, 6.45) is 0.571. The van der Waals surface area contributed by atoms with Crippen molar-refractivity contribution >= 4 is 45.9 Å². The first-order valence-electron chi connectivity index (χ1n) is 12.6. The molecule has 1 aliphatic heterocycles. The smallest absolute Gasteiger partial charge is 0.410 e. The van der Waals surface area contributed by atoms with Gasteiger partial charge in [-0.05, 0) is 49.5 Å². The fourth-order valence-corrected chi connectivity index (χ4v) is 9.36. The molecular weight excluding hydrogens is 485 g/mol. The first-order valence-corrected chi connectivity index (χ1v) is 14.4. The van der Waals surface area contributed by atoms with Crippen LogP contribution in [0, 0.1) is 0 Å². The number of hydrogen-bond acceptors (Lipinski definition) is 5. The molecule has 0 aliphatic carbocycles. The van der Waals surface area contributed by atoms with Gasteiger partial charge in [-0.3, -0.25) is 9.69 Å². The van der Waals surface area contributed by atoms with E-state index < -0.39 is 25.0 Å². The Bertz CT molecular complexity index is 1190. The number of carbonyl (C=O) groups excluding carboxylic acids is 3. The number of rotatable bonds is 8. The van der Waals surface area contributed by atoms with Crippen LogP contribution in [0.15, 0.2) is 91.0 Å². The van der Waals surface area contributed by atoms with Gasteiger partial charge in [0.05, 0.1) is 19.3 Å². The van der Waals surface area contributed by atoms with E-state index in [2.05, 4.69) is 0 Å². The first-order chi connectivity index (χ1) is 18.1. The summed E-state index contributed by atoms with van der Waals surface area (Å²) in [5.41, 5.74) is 0. The fourth-order valence-electron chi connectivity index (χ4n) is 5.01. The molecule has 1 heterocycles. The Morgan fingerprint density at radius 1 is 0.757 bits per heavy atom. The van der Waals surface area contributed by atoms with E-state index in [9.17, 15) is 14.4 Å². The van der Waals surface area contributed by atoms with Crippen molar-refractivity contribution in [1.82, 2.24) is 4.90 Å². The lowest BCUT2D eigenvalue weighted by atomic mass is 10.1. The quantitative estimate of drug-likeness (QED) is 0.257. The lowest BCUT2D eigenvalue weighted by Gasteiger charge is -2.33. The van der Waals surface area contributed by atoms with Crippen molar-refractivity contribution in [1.29, 1.82) is 0 Å². The van der Waals surface area contributed by atoms with Crippen LogP contribution in [0.1, 0.15) is 26.7 Å². The molecule has 0 saturated carbocycles. The maximum absolute atomic E-state index is 14.6. The Balaban J connectivity index is 2.13. The zero-order valence-electron chi connectivity index (χ0n) is 21.2. The molecule has 0 spiro atoms. The summed E-state index contributed by atoms with van der Waals surface area (Å²) < 4.78 is 10.8. The van der Waals surface area contributed by atoms with Crippen molar-refractivity contribution in [2.75, 3.05) is 19.8 Å². The largest absolute Gasteiger partial charge is 0.462 e. The number of hydrogen-bond donors (Lipinski definition) is 0. The van der Waals surface area contributed by atoms with Crippen LogP contribution in [0.4, 0.5) is 4.79 Å². The molecule has 1 atom stereocenters. The molecule has 6 nitrogen and oxygen atoms in total. The lowest BCUT2D eigenvalue weighted by molar-refractivity contribution is -0.135. The Morgan fingerprint density at radius 3 is 1.65 bits per heavy atom. The minimum Gasteiger partial charge on any atom is -0.462 e. The molecule has 3 aromatic carbocycles. The molecule has 1 saturated heterocycles. The maximum atomic E-state index is 14.6. The zero-order valence-corrected chi connectivity index (χ0v) is 22.1. The van der Waals surface area contributed by atoms with Crippen LogP contribution in [0.5, 0.6) is 0 Å². The van der Waals surface area contributed by atoms with Crippen molar-refractivity contribution in [3.63, 3.8) is 0 Å². The highest BCUT2D eigenvalue weighted by Crippen LogP contribution is 2.47. The van der Waals surface area contributed by atoms with E-state index in [1.807, 2.05) is 91.0 Å². The van der Waals surface area contributed by atoms with Gasteiger partial charge in [-0.2, -0.15) is 0 Å². The zero-order chi connectivity index (χ0) is 26.3. The average molecular weight is 518 g/mol. The van der Waals surface area contributed by atoms with Gasteiger partial charge in [0.25, 0.3) is 0 Å². The molecule has 0 aromatic heterocycles. The molecule has 1 aliphatic rings. The molecule has 0 bridgehead atoms. The third-order valence-corrected chi connectivity index (χ3v) is 10.8. The highest BCUT2D eigenvalue weighted by atomic mass is 31.2. The average Bonchev–Trinajstić information content (AvgIpc) is 3.43. The molecule has 37 heavy (non-hydrogen) atoms. The topological polar surface area (TPSA) is 72.9 Å². The summed E-state index contributed by atoms with van der Waals surface area (Å²) in [5, 5.41) is 2.69. The van der Waals surface area contributed by atoms with E-state index in [0.717, 1.165) is 15.9 Å². The van der Waals surface area contributed by atoms with Crippen molar-refractivity contribution in [3.05, 3.63) is 91.0 Å². The van der Waals surface area contributed by atoms with Crippen LogP contribution in [-0.2, 0) is 19.1 Å². The predicted octanol–water partition coefficient (Wildman–Crippen LogP) is 3.91.